The predicted molar refractivity (Wildman–Crippen MR) is 79.1 cm³/mol. The minimum atomic E-state index is 0.246. The molecule has 0 aliphatic heterocycles. The van der Waals surface area contributed by atoms with Crippen LogP contribution in [0, 0.1) is 18.3 Å². The molecule has 0 bridgehead atoms. The molecular formula is C14H23N5O. The van der Waals surface area contributed by atoms with Gasteiger partial charge in [-0.3, -0.25) is 5.41 Å². The quantitative estimate of drug-likeness (QED) is 0.491. The lowest BCUT2D eigenvalue weighted by Crippen LogP contribution is -2.34. The summed E-state index contributed by atoms with van der Waals surface area (Å²) in [4.78, 5) is 8.45. The van der Waals surface area contributed by atoms with Crippen LogP contribution in [0.3, 0.4) is 0 Å². The highest BCUT2D eigenvalue weighted by atomic mass is 16.5. The standard InChI is InChI=1S/C14H23N5O/c1-10-4-6-12(7-5-10)20-14-11(2)13(17-9-18-14)19(8-15)16-3/h8-10,12,15-16H,4-7H2,1-3H3. The van der Waals surface area contributed by atoms with E-state index in [0.29, 0.717) is 11.7 Å². The third kappa shape index (κ3) is 3.25. The Hall–Kier alpha value is -1.69. The van der Waals surface area contributed by atoms with Gasteiger partial charge in [0.15, 0.2) is 5.82 Å². The summed E-state index contributed by atoms with van der Waals surface area (Å²) in [7, 11) is 1.75. The average molecular weight is 277 g/mol. The Morgan fingerprint density at radius 2 is 2.05 bits per heavy atom. The number of nitrogens with zero attached hydrogens (tertiary/aromatic N) is 3. The number of ether oxygens (including phenoxy) is 1. The second-order valence-electron chi connectivity index (χ2n) is 5.35. The number of nitrogens with one attached hydrogen (secondary N) is 2. The van der Waals surface area contributed by atoms with E-state index in [1.165, 1.54) is 30.5 Å². The van der Waals surface area contributed by atoms with Crippen LogP contribution in [-0.2, 0) is 0 Å². The first kappa shape index (κ1) is 14.7. The molecule has 1 aromatic heterocycles. The second-order valence-corrected chi connectivity index (χ2v) is 5.35. The van der Waals surface area contributed by atoms with Gasteiger partial charge in [0.25, 0.3) is 0 Å². The molecular weight excluding hydrogens is 254 g/mol. The van der Waals surface area contributed by atoms with Gasteiger partial charge in [0.05, 0.1) is 5.56 Å². The summed E-state index contributed by atoms with van der Waals surface area (Å²) in [6.45, 7) is 4.21. The third-order valence-corrected chi connectivity index (χ3v) is 3.85. The van der Waals surface area contributed by atoms with Crippen LogP contribution in [0.25, 0.3) is 0 Å². The number of hydrogen-bond donors (Lipinski definition) is 2. The molecule has 1 aliphatic rings. The van der Waals surface area contributed by atoms with Gasteiger partial charge in [0.2, 0.25) is 5.88 Å². The molecule has 2 N–H and O–H groups in total. The highest BCUT2D eigenvalue weighted by Crippen LogP contribution is 2.29. The molecule has 20 heavy (non-hydrogen) atoms. The Morgan fingerprint density at radius 1 is 1.35 bits per heavy atom. The highest BCUT2D eigenvalue weighted by molar-refractivity contribution is 5.75. The SMILES string of the molecule is CNN(C=N)c1ncnc(OC2CCC(C)CC2)c1C. The molecule has 2 rings (SSSR count). The molecule has 1 heterocycles. The van der Waals surface area contributed by atoms with Gasteiger partial charge >= 0.3 is 0 Å². The van der Waals surface area contributed by atoms with Crippen molar-refractivity contribution in [1.29, 1.82) is 5.41 Å². The Bertz CT molecular complexity index is 457. The van der Waals surface area contributed by atoms with Crippen molar-refractivity contribution < 1.29 is 4.74 Å². The normalized spacial score (nSPS) is 22.4. The first-order valence-electron chi connectivity index (χ1n) is 7.11. The molecule has 0 saturated heterocycles. The first-order valence-corrected chi connectivity index (χ1v) is 7.11. The Kier molecular flexibility index (Phi) is 4.89. The van der Waals surface area contributed by atoms with E-state index in [2.05, 4.69) is 22.3 Å². The van der Waals surface area contributed by atoms with Crippen LogP contribution in [0.2, 0.25) is 0 Å². The summed E-state index contributed by atoms with van der Waals surface area (Å²) < 4.78 is 6.03. The Morgan fingerprint density at radius 3 is 2.65 bits per heavy atom. The Labute approximate surface area is 120 Å². The maximum atomic E-state index is 7.38. The van der Waals surface area contributed by atoms with E-state index in [0.717, 1.165) is 24.3 Å². The molecule has 0 radical (unpaired) electrons. The molecule has 0 spiro atoms. The largest absolute Gasteiger partial charge is 0.474 e. The van der Waals surface area contributed by atoms with Crippen LogP contribution in [0.1, 0.15) is 38.2 Å². The van der Waals surface area contributed by atoms with Crippen LogP contribution in [0.5, 0.6) is 5.88 Å². The van der Waals surface area contributed by atoms with Crippen molar-refractivity contribution in [2.75, 3.05) is 12.1 Å². The monoisotopic (exact) mass is 277 g/mol. The molecule has 0 atom stereocenters. The van der Waals surface area contributed by atoms with Crippen LogP contribution in [-0.4, -0.2) is 29.5 Å². The summed E-state index contributed by atoms with van der Waals surface area (Å²) in [5.74, 6) is 2.07. The van der Waals surface area contributed by atoms with Gasteiger partial charge in [-0.2, -0.15) is 0 Å². The summed E-state index contributed by atoms with van der Waals surface area (Å²) in [5, 5.41) is 8.91. The van der Waals surface area contributed by atoms with Crippen molar-refractivity contribution in [3.05, 3.63) is 11.9 Å². The van der Waals surface area contributed by atoms with Crippen molar-refractivity contribution in [3.63, 3.8) is 0 Å². The van der Waals surface area contributed by atoms with E-state index in [-0.39, 0.29) is 6.10 Å². The number of anilines is 1. The summed E-state index contributed by atoms with van der Waals surface area (Å²) in [6.07, 6.45) is 7.50. The number of hydrogen-bond acceptors (Lipinski definition) is 5. The molecule has 6 heteroatoms. The van der Waals surface area contributed by atoms with E-state index < -0.39 is 0 Å². The van der Waals surface area contributed by atoms with Crippen molar-refractivity contribution in [3.8, 4) is 5.88 Å². The van der Waals surface area contributed by atoms with Crippen molar-refractivity contribution in [1.82, 2.24) is 15.4 Å². The second kappa shape index (κ2) is 6.65. The molecule has 0 unspecified atom stereocenters. The average Bonchev–Trinajstić information content (AvgIpc) is 2.46. The van der Waals surface area contributed by atoms with E-state index in [9.17, 15) is 0 Å². The zero-order chi connectivity index (χ0) is 14.5. The summed E-state index contributed by atoms with van der Waals surface area (Å²) in [5.41, 5.74) is 3.74. The highest BCUT2D eigenvalue weighted by Gasteiger charge is 2.22. The van der Waals surface area contributed by atoms with Crippen molar-refractivity contribution in [2.45, 2.75) is 45.6 Å². The van der Waals surface area contributed by atoms with E-state index >= 15 is 0 Å². The molecule has 1 fully saturated rings. The zero-order valence-electron chi connectivity index (χ0n) is 12.4. The maximum absolute atomic E-state index is 7.38. The van der Waals surface area contributed by atoms with Crippen LogP contribution in [0.15, 0.2) is 6.33 Å². The van der Waals surface area contributed by atoms with Crippen molar-refractivity contribution in [2.24, 2.45) is 5.92 Å². The van der Waals surface area contributed by atoms with Gasteiger partial charge in [0.1, 0.15) is 18.8 Å². The van der Waals surface area contributed by atoms with Gasteiger partial charge in [-0.25, -0.2) is 20.4 Å². The van der Waals surface area contributed by atoms with E-state index in [4.69, 9.17) is 10.1 Å². The topological polar surface area (TPSA) is 74.1 Å². The smallest absolute Gasteiger partial charge is 0.221 e. The molecule has 110 valence electrons. The van der Waals surface area contributed by atoms with Crippen LogP contribution in [0.4, 0.5) is 5.82 Å². The zero-order valence-corrected chi connectivity index (χ0v) is 12.4. The van der Waals surface area contributed by atoms with Gasteiger partial charge in [-0.15, -0.1) is 0 Å². The number of rotatable bonds is 5. The van der Waals surface area contributed by atoms with Crippen LogP contribution >= 0.6 is 0 Å². The fourth-order valence-electron chi connectivity index (χ4n) is 2.52. The maximum Gasteiger partial charge on any atom is 0.221 e. The van der Waals surface area contributed by atoms with E-state index in [1.807, 2.05) is 6.92 Å². The minimum absolute atomic E-state index is 0.246. The minimum Gasteiger partial charge on any atom is -0.474 e. The molecule has 1 saturated carbocycles. The lowest BCUT2D eigenvalue weighted by atomic mass is 9.89. The number of aromatic nitrogens is 2. The van der Waals surface area contributed by atoms with Gasteiger partial charge in [-0.05, 0) is 38.5 Å². The summed E-state index contributed by atoms with van der Waals surface area (Å²) in [6, 6.07) is 0. The predicted octanol–water partition coefficient (Wildman–Crippen LogP) is 2.29. The molecule has 6 nitrogen and oxygen atoms in total. The molecule has 1 aliphatic carbocycles. The van der Waals surface area contributed by atoms with E-state index in [1.54, 1.807) is 7.05 Å². The van der Waals surface area contributed by atoms with Gasteiger partial charge in [-0.1, -0.05) is 6.92 Å². The van der Waals surface area contributed by atoms with Crippen LogP contribution < -0.4 is 15.2 Å². The lowest BCUT2D eigenvalue weighted by molar-refractivity contribution is 0.129. The Balaban J connectivity index is 2.12. The van der Waals surface area contributed by atoms with Crippen molar-refractivity contribution >= 4 is 12.2 Å². The number of hydrazine groups is 1. The summed E-state index contributed by atoms with van der Waals surface area (Å²) >= 11 is 0. The lowest BCUT2D eigenvalue weighted by Gasteiger charge is -2.27. The van der Waals surface area contributed by atoms with Gasteiger partial charge in [0, 0.05) is 7.05 Å². The third-order valence-electron chi connectivity index (χ3n) is 3.85. The fourth-order valence-corrected chi connectivity index (χ4v) is 2.52. The first-order chi connectivity index (χ1) is 9.65. The fraction of sp³-hybridized carbons (Fsp3) is 0.643. The molecule has 1 aromatic rings. The van der Waals surface area contributed by atoms with Gasteiger partial charge < -0.3 is 4.74 Å². The molecule has 0 amide bonds. The molecule has 0 aromatic carbocycles.